The molecule has 2 aromatic heterocycles. The van der Waals surface area contributed by atoms with Gasteiger partial charge in [0.25, 0.3) is 0 Å². The fraction of sp³-hybridized carbons (Fsp3) is 0.368. The summed E-state index contributed by atoms with van der Waals surface area (Å²) in [4.78, 5) is 0. The number of aromatic nitrogens is 2. The second kappa shape index (κ2) is 5.25. The molecule has 1 aromatic carbocycles. The van der Waals surface area contributed by atoms with E-state index in [4.69, 9.17) is 0 Å². The summed E-state index contributed by atoms with van der Waals surface area (Å²) < 4.78 is 4.54. The Balaban J connectivity index is 2.13. The first-order chi connectivity index (χ1) is 11.2. The molecule has 120 valence electrons. The Morgan fingerprint density at radius 1 is 1.04 bits per heavy atom. The summed E-state index contributed by atoms with van der Waals surface area (Å²) >= 11 is 0. The van der Waals surface area contributed by atoms with Crippen molar-refractivity contribution in [2.24, 2.45) is 7.05 Å². The molecule has 3 heterocycles. The van der Waals surface area contributed by atoms with Crippen LogP contribution in [0.5, 0.6) is 0 Å². The van der Waals surface area contributed by atoms with Crippen LogP contribution < -0.4 is 0 Å². The summed E-state index contributed by atoms with van der Waals surface area (Å²) in [6.45, 7) is 2.97. The smallest absolute Gasteiger partial charge is 0.0713 e. The van der Waals surface area contributed by atoms with Gasteiger partial charge in [0.15, 0.2) is 0 Å². The maximum absolute atomic E-state index is 9.97. The summed E-state index contributed by atoms with van der Waals surface area (Å²) in [5.41, 5.74) is 7.81. The summed E-state index contributed by atoms with van der Waals surface area (Å²) in [5.74, 6) is 0. The Morgan fingerprint density at radius 3 is 2.48 bits per heavy atom. The van der Waals surface area contributed by atoms with Crippen molar-refractivity contribution in [2.45, 2.75) is 39.5 Å². The molecule has 0 spiro atoms. The third kappa shape index (κ3) is 1.79. The molecule has 0 radical (unpaired) electrons. The van der Waals surface area contributed by atoms with E-state index in [2.05, 4.69) is 47.4 Å². The number of rotatable bonds is 3. The largest absolute Gasteiger partial charge is 0.392 e. The van der Waals surface area contributed by atoms with Crippen LogP contribution in [0, 0.1) is 0 Å². The third-order valence-electron chi connectivity index (χ3n) is 5.27. The van der Waals surface area contributed by atoms with Gasteiger partial charge in [-0.15, -0.1) is 0 Å². The third-order valence-corrected chi connectivity index (χ3v) is 5.27. The predicted molar refractivity (Wildman–Crippen MR) is 91.3 cm³/mol. The van der Waals surface area contributed by atoms with Crippen molar-refractivity contribution in [3.8, 4) is 11.4 Å². The zero-order valence-electron chi connectivity index (χ0n) is 13.6. The SMILES string of the molecule is CCc1c(CO)c(CO)c2n1CCc1c-2n(C)c2ccccc12. The van der Waals surface area contributed by atoms with E-state index < -0.39 is 0 Å². The Bertz CT molecular complexity index is 881. The molecule has 2 N–H and O–H groups in total. The van der Waals surface area contributed by atoms with Gasteiger partial charge in [0.05, 0.1) is 24.6 Å². The van der Waals surface area contributed by atoms with Crippen LogP contribution in [0.25, 0.3) is 22.3 Å². The molecule has 0 saturated carbocycles. The summed E-state index contributed by atoms with van der Waals surface area (Å²) in [6.07, 6.45) is 1.85. The summed E-state index contributed by atoms with van der Waals surface area (Å²) in [6, 6.07) is 8.47. The highest BCUT2D eigenvalue weighted by atomic mass is 16.3. The Labute approximate surface area is 135 Å². The fourth-order valence-corrected chi connectivity index (χ4v) is 4.31. The molecule has 0 fully saturated rings. The van der Waals surface area contributed by atoms with E-state index in [0.29, 0.717) is 0 Å². The number of aliphatic hydroxyl groups excluding tert-OH is 2. The lowest BCUT2D eigenvalue weighted by molar-refractivity contribution is 0.260. The van der Waals surface area contributed by atoms with Crippen LogP contribution in [0.2, 0.25) is 0 Å². The van der Waals surface area contributed by atoms with Gasteiger partial charge < -0.3 is 19.3 Å². The standard InChI is InChI=1S/C19H22N2O2/c1-3-16-14(10-22)15(11-23)19-18-13(8-9-21(16)19)12-6-4-5-7-17(12)20(18)2/h4-7,22-23H,3,8-11H2,1-2H3. The number of aryl methyl sites for hydroxylation is 2. The van der Waals surface area contributed by atoms with E-state index in [0.717, 1.165) is 41.9 Å². The zero-order valence-corrected chi connectivity index (χ0v) is 13.6. The van der Waals surface area contributed by atoms with Crippen LogP contribution in [-0.2, 0) is 39.6 Å². The van der Waals surface area contributed by atoms with Gasteiger partial charge in [-0.25, -0.2) is 0 Å². The molecule has 0 aliphatic carbocycles. The second-order valence-corrected chi connectivity index (χ2v) is 6.23. The summed E-state index contributed by atoms with van der Waals surface area (Å²) in [7, 11) is 2.09. The molecule has 0 saturated heterocycles. The number of para-hydroxylation sites is 1. The van der Waals surface area contributed by atoms with Gasteiger partial charge in [0.2, 0.25) is 0 Å². The maximum atomic E-state index is 9.97. The Morgan fingerprint density at radius 2 is 1.78 bits per heavy atom. The highest BCUT2D eigenvalue weighted by Crippen LogP contribution is 2.42. The molecule has 1 aliphatic rings. The van der Waals surface area contributed by atoms with Crippen molar-refractivity contribution in [3.05, 3.63) is 46.6 Å². The van der Waals surface area contributed by atoms with Crippen LogP contribution in [0.4, 0.5) is 0 Å². The van der Waals surface area contributed by atoms with Crippen molar-refractivity contribution in [2.75, 3.05) is 0 Å². The minimum Gasteiger partial charge on any atom is -0.392 e. The number of fused-ring (bicyclic) bond motifs is 5. The molecule has 0 atom stereocenters. The fourth-order valence-electron chi connectivity index (χ4n) is 4.31. The van der Waals surface area contributed by atoms with E-state index in [1.165, 1.54) is 22.2 Å². The predicted octanol–water partition coefficient (Wildman–Crippen LogP) is 2.75. The molecule has 4 rings (SSSR count). The van der Waals surface area contributed by atoms with Crippen molar-refractivity contribution >= 4 is 10.9 Å². The number of aliphatic hydroxyl groups is 2. The zero-order chi connectivity index (χ0) is 16.1. The molecular weight excluding hydrogens is 288 g/mol. The number of hydrogen-bond donors (Lipinski definition) is 2. The molecule has 1 aliphatic heterocycles. The van der Waals surface area contributed by atoms with E-state index >= 15 is 0 Å². The van der Waals surface area contributed by atoms with Gasteiger partial charge in [0.1, 0.15) is 0 Å². The first kappa shape index (κ1) is 14.5. The van der Waals surface area contributed by atoms with Crippen LogP contribution in [0.1, 0.15) is 29.3 Å². The topological polar surface area (TPSA) is 50.3 Å². The molecule has 3 aromatic rings. The van der Waals surface area contributed by atoms with Crippen molar-refractivity contribution < 1.29 is 10.2 Å². The van der Waals surface area contributed by atoms with Crippen molar-refractivity contribution in [3.63, 3.8) is 0 Å². The average molecular weight is 310 g/mol. The summed E-state index contributed by atoms with van der Waals surface area (Å²) in [5, 5.41) is 21.1. The van der Waals surface area contributed by atoms with Gasteiger partial charge >= 0.3 is 0 Å². The minimum atomic E-state index is -0.0355. The van der Waals surface area contributed by atoms with E-state index in [1.54, 1.807) is 0 Å². The molecule has 4 nitrogen and oxygen atoms in total. The number of hydrogen-bond acceptors (Lipinski definition) is 2. The quantitative estimate of drug-likeness (QED) is 0.781. The van der Waals surface area contributed by atoms with Gasteiger partial charge in [-0.05, 0) is 24.5 Å². The van der Waals surface area contributed by atoms with Crippen molar-refractivity contribution in [1.82, 2.24) is 9.13 Å². The van der Waals surface area contributed by atoms with Gasteiger partial charge in [-0.1, -0.05) is 25.1 Å². The first-order valence-electron chi connectivity index (χ1n) is 8.24. The molecule has 0 bridgehead atoms. The lowest BCUT2D eigenvalue weighted by Gasteiger charge is -2.21. The molecule has 0 unspecified atom stereocenters. The molecule has 4 heteroatoms. The van der Waals surface area contributed by atoms with Gasteiger partial charge in [-0.3, -0.25) is 0 Å². The highest BCUT2D eigenvalue weighted by Gasteiger charge is 2.30. The normalized spacial score (nSPS) is 13.4. The minimum absolute atomic E-state index is 0.0155. The maximum Gasteiger partial charge on any atom is 0.0713 e. The molecular formula is C19H22N2O2. The van der Waals surface area contributed by atoms with Crippen LogP contribution in [0.3, 0.4) is 0 Å². The highest BCUT2D eigenvalue weighted by molar-refractivity contribution is 5.92. The van der Waals surface area contributed by atoms with Crippen LogP contribution in [0.15, 0.2) is 24.3 Å². The van der Waals surface area contributed by atoms with E-state index in [-0.39, 0.29) is 13.2 Å². The lowest BCUT2D eigenvalue weighted by Crippen LogP contribution is -2.14. The Kier molecular flexibility index (Phi) is 3.32. The number of benzene rings is 1. The van der Waals surface area contributed by atoms with Gasteiger partial charge in [-0.2, -0.15) is 0 Å². The monoisotopic (exact) mass is 310 g/mol. The number of nitrogens with zero attached hydrogens (tertiary/aromatic N) is 2. The molecule has 23 heavy (non-hydrogen) atoms. The van der Waals surface area contributed by atoms with E-state index in [9.17, 15) is 10.2 Å². The lowest BCUT2D eigenvalue weighted by atomic mass is 10.00. The van der Waals surface area contributed by atoms with Gasteiger partial charge in [0, 0.05) is 41.3 Å². The Hall–Kier alpha value is -2.04. The average Bonchev–Trinajstić information content (AvgIpc) is 3.07. The van der Waals surface area contributed by atoms with E-state index in [1.807, 2.05) is 0 Å². The first-order valence-corrected chi connectivity index (χ1v) is 8.24. The van der Waals surface area contributed by atoms with Crippen molar-refractivity contribution in [1.29, 1.82) is 0 Å². The molecule has 0 amide bonds. The van der Waals surface area contributed by atoms with Crippen LogP contribution in [-0.4, -0.2) is 19.3 Å². The van der Waals surface area contributed by atoms with Crippen LogP contribution >= 0.6 is 0 Å². The second-order valence-electron chi connectivity index (χ2n) is 6.23.